The average molecular weight is 1100 g/mol. The van der Waals surface area contributed by atoms with Gasteiger partial charge in [-0.2, -0.15) is 0 Å². The molecule has 1 aliphatic heterocycles. The molecular weight excluding hydrogens is 1020 g/mol. The van der Waals surface area contributed by atoms with Crippen LogP contribution in [-0.2, 0) is 34.8 Å². The Morgan fingerprint density at radius 1 is 0.762 bits per heavy atom. The lowest BCUT2D eigenvalue weighted by Crippen LogP contribution is -2.44. The fourth-order valence-electron chi connectivity index (χ4n) is 12.4. The molecule has 1 spiro atoms. The number of nitrogens with two attached hydrogens (primary N) is 1. The molecule has 6 aromatic rings. The third kappa shape index (κ3) is 11.6. The number of fused-ring (bicyclic) bond motifs is 10. The summed E-state index contributed by atoms with van der Waals surface area (Å²) in [5.41, 5.74) is 14.6. The normalized spacial score (nSPS) is 17.9. The van der Waals surface area contributed by atoms with E-state index in [0.29, 0.717) is 17.8 Å². The minimum absolute atomic E-state index is 0.0126. The van der Waals surface area contributed by atoms with Crippen molar-refractivity contribution in [3.8, 4) is 34.1 Å². The van der Waals surface area contributed by atoms with Gasteiger partial charge in [0, 0.05) is 38.3 Å². The summed E-state index contributed by atoms with van der Waals surface area (Å²) in [4.78, 5) is 28.0. The molecule has 0 amide bonds. The number of ether oxygens (including phenoxy) is 7. The van der Waals surface area contributed by atoms with Crippen LogP contribution in [0.2, 0.25) is 0 Å². The molecule has 1 saturated carbocycles. The Labute approximate surface area is 479 Å². The highest BCUT2D eigenvalue weighted by Gasteiger charge is 2.52. The number of benzene rings is 6. The summed E-state index contributed by atoms with van der Waals surface area (Å²) in [6.45, 7) is 19.2. The second-order valence-corrected chi connectivity index (χ2v) is 24.5. The second-order valence-electron chi connectivity index (χ2n) is 23.4. The summed E-state index contributed by atoms with van der Waals surface area (Å²) < 4.78 is 43.3. The van der Waals surface area contributed by atoms with Crippen LogP contribution in [0.5, 0.6) is 23.0 Å². The molecule has 424 valence electrons. The standard InChI is InChI=1S/C69H83NO9S/c1-12-15-34-66(9,70)77-44-47(6)65(7,8)78-60(72)32-31-59(71)76-41-40-75-51-29-25-49(26-30-51)69(48-23-27-50(73-10)28-24-48)35-33-53-62-61(52-21-16-17-22-56(52)68(62)38-36-67(13-2,14-3)37-39-68)54-43-58(57(74-11)42-55(54)63(53)79-69)80-64-45(4)19-18-20-46(64)5/h16-30,33,35,42-43,47H,12-15,31-32,34,36-41,44,70H2,1-11H3. The Morgan fingerprint density at radius 3 is 2.05 bits per heavy atom. The molecule has 9 rings (SSSR count). The molecule has 1 heterocycles. The van der Waals surface area contributed by atoms with Gasteiger partial charge in [-0.25, -0.2) is 0 Å². The first-order chi connectivity index (χ1) is 38.4. The van der Waals surface area contributed by atoms with Crippen LogP contribution in [0.25, 0.3) is 28.0 Å². The van der Waals surface area contributed by atoms with Crippen LogP contribution in [-0.4, -0.2) is 57.3 Å². The van der Waals surface area contributed by atoms with E-state index >= 15 is 0 Å². The molecule has 80 heavy (non-hydrogen) atoms. The molecule has 6 aromatic carbocycles. The van der Waals surface area contributed by atoms with E-state index in [-0.39, 0.29) is 37.4 Å². The summed E-state index contributed by atoms with van der Waals surface area (Å²) in [5, 5.41) is 2.14. The lowest BCUT2D eigenvalue weighted by atomic mass is 9.58. The van der Waals surface area contributed by atoms with E-state index in [1.807, 2.05) is 64.1 Å². The quantitative estimate of drug-likeness (QED) is 0.0374. The smallest absolute Gasteiger partial charge is 0.306 e. The lowest BCUT2D eigenvalue weighted by Gasteiger charge is -2.47. The first kappa shape index (κ1) is 58.4. The van der Waals surface area contributed by atoms with Crippen molar-refractivity contribution in [3.05, 3.63) is 148 Å². The molecule has 0 saturated heterocycles. The number of esters is 2. The Hall–Kier alpha value is -6.27. The highest BCUT2D eigenvalue weighted by atomic mass is 32.2. The maximum absolute atomic E-state index is 12.9. The van der Waals surface area contributed by atoms with E-state index in [0.717, 1.165) is 94.6 Å². The number of aryl methyl sites for hydroxylation is 2. The van der Waals surface area contributed by atoms with Crippen LogP contribution in [0, 0.1) is 25.2 Å². The predicted molar refractivity (Wildman–Crippen MR) is 321 cm³/mol. The Bertz CT molecular complexity index is 3200. The average Bonchev–Trinajstić information content (AvgIpc) is 3.95. The zero-order valence-corrected chi connectivity index (χ0v) is 49.9. The summed E-state index contributed by atoms with van der Waals surface area (Å²) in [5.74, 6) is 1.85. The van der Waals surface area contributed by atoms with Crippen molar-refractivity contribution in [2.24, 2.45) is 17.1 Å². The van der Waals surface area contributed by atoms with E-state index in [1.165, 1.54) is 51.1 Å². The predicted octanol–water partition coefficient (Wildman–Crippen LogP) is 16.2. The topological polar surface area (TPSA) is 125 Å². The molecule has 3 unspecified atom stereocenters. The van der Waals surface area contributed by atoms with Crippen molar-refractivity contribution in [1.29, 1.82) is 0 Å². The Morgan fingerprint density at radius 2 is 1.41 bits per heavy atom. The number of rotatable bonds is 23. The largest absolute Gasteiger partial charge is 0.497 e. The number of hydrogen-bond donors (Lipinski definition) is 1. The molecule has 3 aliphatic rings. The molecule has 11 heteroatoms. The second kappa shape index (κ2) is 24.1. The fraction of sp³-hybridized carbons (Fsp3) is 0.449. The van der Waals surface area contributed by atoms with Gasteiger partial charge in [-0.05, 0) is 160 Å². The minimum Gasteiger partial charge on any atom is -0.497 e. The lowest BCUT2D eigenvalue weighted by molar-refractivity contribution is -0.168. The third-order valence-electron chi connectivity index (χ3n) is 18.0. The highest BCUT2D eigenvalue weighted by Crippen LogP contribution is 2.65. The third-order valence-corrected chi connectivity index (χ3v) is 19.4. The van der Waals surface area contributed by atoms with Crippen LogP contribution in [0.1, 0.15) is 158 Å². The Kier molecular flexibility index (Phi) is 17.6. The monoisotopic (exact) mass is 1100 g/mol. The number of carbonyl (C=O) groups is 2. The van der Waals surface area contributed by atoms with E-state index < -0.39 is 28.9 Å². The van der Waals surface area contributed by atoms with Gasteiger partial charge < -0.3 is 38.9 Å². The van der Waals surface area contributed by atoms with Gasteiger partial charge in [0.15, 0.2) is 5.60 Å². The van der Waals surface area contributed by atoms with E-state index in [4.69, 9.17) is 38.9 Å². The molecule has 10 nitrogen and oxygen atoms in total. The molecule has 3 atom stereocenters. The molecule has 0 radical (unpaired) electrons. The zero-order chi connectivity index (χ0) is 57.0. The fourth-order valence-corrected chi connectivity index (χ4v) is 13.5. The van der Waals surface area contributed by atoms with Gasteiger partial charge in [0.05, 0.1) is 38.6 Å². The van der Waals surface area contributed by atoms with Crippen LogP contribution in [0.15, 0.2) is 119 Å². The van der Waals surface area contributed by atoms with Gasteiger partial charge in [0.2, 0.25) is 0 Å². The SMILES string of the molecule is CCCCC(C)(N)OCC(C)C(C)(C)OC(=O)CCC(=O)OCCOc1ccc(C2(c3ccc(OC)cc3)C=Cc3c4c(c5cc(Sc6c(C)cccc6C)c(OC)cc5c3O2)-c2ccccc2C42CCC(CC)(CC)CC2)cc1. The van der Waals surface area contributed by atoms with Gasteiger partial charge in [-0.1, -0.05) is 132 Å². The minimum atomic E-state index is -1.07. The summed E-state index contributed by atoms with van der Waals surface area (Å²) in [6.07, 6.45) is 13.9. The van der Waals surface area contributed by atoms with Crippen LogP contribution in [0.4, 0.5) is 0 Å². The molecule has 0 bridgehead atoms. The molecule has 0 aromatic heterocycles. The van der Waals surface area contributed by atoms with Crippen molar-refractivity contribution in [2.45, 2.75) is 165 Å². The highest BCUT2D eigenvalue weighted by molar-refractivity contribution is 7.99. The summed E-state index contributed by atoms with van der Waals surface area (Å²) in [6, 6.07) is 36.3. The first-order valence-corrected chi connectivity index (χ1v) is 29.8. The zero-order valence-electron chi connectivity index (χ0n) is 49.1. The van der Waals surface area contributed by atoms with Gasteiger partial charge in [0.1, 0.15) is 47.5 Å². The van der Waals surface area contributed by atoms with E-state index in [1.54, 1.807) is 26.0 Å². The van der Waals surface area contributed by atoms with Crippen LogP contribution < -0.4 is 24.7 Å². The number of carbonyl (C=O) groups excluding carboxylic acids is 2. The molecule has 2 N–H and O–H groups in total. The van der Waals surface area contributed by atoms with Crippen molar-refractivity contribution in [1.82, 2.24) is 0 Å². The first-order valence-electron chi connectivity index (χ1n) is 29.0. The van der Waals surface area contributed by atoms with Crippen LogP contribution in [0.3, 0.4) is 0 Å². The molecular formula is C69H83NO9S. The number of hydrogen-bond acceptors (Lipinski definition) is 11. The molecule has 1 fully saturated rings. The van der Waals surface area contributed by atoms with Gasteiger partial charge >= 0.3 is 11.9 Å². The number of methoxy groups -OCH3 is 2. The van der Waals surface area contributed by atoms with E-state index in [2.05, 4.69) is 114 Å². The molecule has 2 aliphatic carbocycles. The van der Waals surface area contributed by atoms with Crippen molar-refractivity contribution < 1.29 is 42.7 Å². The van der Waals surface area contributed by atoms with Gasteiger partial charge in [-0.3, -0.25) is 9.59 Å². The van der Waals surface area contributed by atoms with Crippen LogP contribution >= 0.6 is 11.8 Å². The van der Waals surface area contributed by atoms with Gasteiger partial charge in [-0.15, -0.1) is 0 Å². The van der Waals surface area contributed by atoms with Crippen molar-refractivity contribution in [2.75, 3.05) is 34.0 Å². The Balaban J connectivity index is 1.00. The van der Waals surface area contributed by atoms with Crippen molar-refractivity contribution in [3.63, 3.8) is 0 Å². The summed E-state index contributed by atoms with van der Waals surface area (Å²) in [7, 11) is 3.44. The van der Waals surface area contributed by atoms with Crippen molar-refractivity contribution >= 4 is 40.5 Å². The maximum atomic E-state index is 12.9. The number of unbranched alkanes of at least 4 members (excludes halogenated alkanes) is 1. The maximum Gasteiger partial charge on any atom is 0.306 e. The van der Waals surface area contributed by atoms with E-state index in [9.17, 15) is 9.59 Å². The summed E-state index contributed by atoms with van der Waals surface area (Å²) >= 11 is 1.77. The van der Waals surface area contributed by atoms with Gasteiger partial charge in [0.25, 0.3) is 0 Å².